The largest absolute Gasteiger partial charge is 0.494 e. The van der Waals surface area contributed by atoms with Gasteiger partial charge < -0.3 is 9.47 Å². The molecule has 0 radical (unpaired) electrons. The van der Waals surface area contributed by atoms with Crippen LogP contribution in [0.25, 0.3) is 0 Å². The number of likely N-dealkylation sites (N-methyl/N-ethyl adjacent to an activating group) is 1. The summed E-state index contributed by atoms with van der Waals surface area (Å²) in [6, 6.07) is 11.2. The van der Waals surface area contributed by atoms with Crippen molar-refractivity contribution in [1.29, 1.82) is 0 Å². The van der Waals surface area contributed by atoms with Gasteiger partial charge in [-0.3, -0.25) is 4.90 Å². The Morgan fingerprint density at radius 1 is 1.04 bits per heavy atom. The van der Waals surface area contributed by atoms with E-state index in [0.717, 1.165) is 5.56 Å². The summed E-state index contributed by atoms with van der Waals surface area (Å²) in [7, 11) is 2.89. The maximum absolute atomic E-state index is 13.7. The Hall–Kier alpha value is -2.16. The minimum Gasteiger partial charge on any atom is -0.494 e. The molecule has 27 heavy (non-hydrogen) atoms. The van der Waals surface area contributed by atoms with Crippen molar-refractivity contribution in [3.8, 4) is 11.5 Å². The average molecular weight is 396 g/mol. The summed E-state index contributed by atoms with van der Waals surface area (Å²) in [6.07, 6.45) is 0. The molecule has 148 valence electrons. The van der Waals surface area contributed by atoms with Gasteiger partial charge in [-0.25, -0.2) is 17.1 Å². The van der Waals surface area contributed by atoms with E-state index in [9.17, 15) is 12.8 Å². The van der Waals surface area contributed by atoms with E-state index in [0.29, 0.717) is 25.4 Å². The van der Waals surface area contributed by atoms with Crippen LogP contribution in [-0.4, -0.2) is 59.0 Å². The second-order valence-electron chi connectivity index (χ2n) is 6.31. The van der Waals surface area contributed by atoms with E-state index in [2.05, 4.69) is 0 Å². The molecule has 0 saturated heterocycles. The highest BCUT2D eigenvalue weighted by molar-refractivity contribution is 7.89. The van der Waals surface area contributed by atoms with Gasteiger partial charge in [0, 0.05) is 27.2 Å². The molecule has 0 aliphatic rings. The third kappa shape index (κ3) is 5.66. The lowest BCUT2D eigenvalue weighted by molar-refractivity contribution is 0.232. The number of nitrogens with zero attached hydrogens (tertiary/aromatic N) is 2. The highest BCUT2D eigenvalue weighted by Crippen LogP contribution is 2.19. The van der Waals surface area contributed by atoms with Crippen molar-refractivity contribution in [3.05, 3.63) is 53.8 Å². The van der Waals surface area contributed by atoms with Gasteiger partial charge in [-0.1, -0.05) is 6.07 Å². The predicted molar refractivity (Wildman–Crippen MR) is 102 cm³/mol. The van der Waals surface area contributed by atoms with Crippen LogP contribution in [0.3, 0.4) is 0 Å². The summed E-state index contributed by atoms with van der Waals surface area (Å²) in [6.45, 7) is 1.63. The fourth-order valence-corrected chi connectivity index (χ4v) is 3.34. The Morgan fingerprint density at radius 2 is 1.70 bits per heavy atom. The van der Waals surface area contributed by atoms with Crippen molar-refractivity contribution in [2.24, 2.45) is 0 Å². The van der Waals surface area contributed by atoms with Gasteiger partial charge >= 0.3 is 0 Å². The smallest absolute Gasteiger partial charge is 0.242 e. The Balaban J connectivity index is 1.84. The average Bonchev–Trinajstić information content (AvgIpc) is 2.62. The summed E-state index contributed by atoms with van der Waals surface area (Å²) in [5.74, 6) is 0.438. The second kappa shape index (κ2) is 9.16. The zero-order chi connectivity index (χ0) is 20.0. The molecular weight excluding hydrogens is 371 g/mol. The van der Waals surface area contributed by atoms with Crippen LogP contribution < -0.4 is 9.47 Å². The lowest BCUT2D eigenvalue weighted by Gasteiger charge is -2.17. The Labute approximate surface area is 160 Å². The van der Waals surface area contributed by atoms with Crippen molar-refractivity contribution >= 4 is 10.0 Å². The van der Waals surface area contributed by atoms with Crippen molar-refractivity contribution in [2.75, 3.05) is 41.4 Å². The molecule has 2 rings (SSSR count). The zero-order valence-corrected chi connectivity index (χ0v) is 16.8. The first-order valence-electron chi connectivity index (χ1n) is 8.40. The summed E-state index contributed by atoms with van der Waals surface area (Å²) >= 11 is 0. The molecule has 2 aromatic rings. The van der Waals surface area contributed by atoms with Gasteiger partial charge in [0.25, 0.3) is 0 Å². The SMILES string of the molecule is COc1ccc(CN(C)CCOc2ccc(S(=O)(=O)N(C)C)cc2)cc1F. The van der Waals surface area contributed by atoms with Crippen LogP contribution in [0.15, 0.2) is 47.4 Å². The number of sulfonamides is 1. The van der Waals surface area contributed by atoms with Crippen LogP contribution in [0.5, 0.6) is 11.5 Å². The first-order valence-corrected chi connectivity index (χ1v) is 9.84. The van der Waals surface area contributed by atoms with E-state index < -0.39 is 10.0 Å². The zero-order valence-electron chi connectivity index (χ0n) is 16.0. The molecule has 0 bridgehead atoms. The number of ether oxygens (including phenoxy) is 2. The van der Waals surface area contributed by atoms with Crippen LogP contribution in [0.2, 0.25) is 0 Å². The number of hydrogen-bond acceptors (Lipinski definition) is 5. The minimum atomic E-state index is -3.44. The highest BCUT2D eigenvalue weighted by atomic mass is 32.2. The van der Waals surface area contributed by atoms with E-state index in [1.54, 1.807) is 18.2 Å². The molecule has 8 heteroatoms. The number of benzene rings is 2. The molecule has 0 atom stereocenters. The summed E-state index contributed by atoms with van der Waals surface area (Å²) < 4.78 is 49.5. The fourth-order valence-electron chi connectivity index (χ4n) is 2.44. The van der Waals surface area contributed by atoms with Crippen LogP contribution in [-0.2, 0) is 16.6 Å². The number of halogens is 1. The van der Waals surface area contributed by atoms with E-state index in [4.69, 9.17) is 9.47 Å². The molecule has 0 unspecified atom stereocenters. The predicted octanol–water partition coefficient (Wildman–Crippen LogP) is 2.60. The molecule has 6 nitrogen and oxygen atoms in total. The van der Waals surface area contributed by atoms with E-state index >= 15 is 0 Å². The van der Waals surface area contributed by atoms with Gasteiger partial charge in [-0.15, -0.1) is 0 Å². The van der Waals surface area contributed by atoms with Gasteiger partial charge in [0.2, 0.25) is 10.0 Å². The standard InChI is InChI=1S/C19H25FN2O4S/c1-21(2)27(23,24)17-8-6-16(7-9-17)26-12-11-22(3)14-15-5-10-19(25-4)18(20)13-15/h5-10,13H,11-12,14H2,1-4H3. The van der Waals surface area contributed by atoms with Gasteiger partial charge in [0.05, 0.1) is 12.0 Å². The van der Waals surface area contributed by atoms with Crippen molar-refractivity contribution in [3.63, 3.8) is 0 Å². The topological polar surface area (TPSA) is 59.1 Å². The molecule has 0 aromatic heterocycles. The molecule has 0 saturated carbocycles. The second-order valence-corrected chi connectivity index (χ2v) is 8.47. The molecule has 0 spiro atoms. The Bertz CT molecular complexity index is 855. The monoisotopic (exact) mass is 396 g/mol. The quantitative estimate of drug-likeness (QED) is 0.652. The summed E-state index contributed by atoms with van der Waals surface area (Å²) in [5.41, 5.74) is 0.842. The Kier molecular flexibility index (Phi) is 7.18. The first kappa shape index (κ1) is 21.1. The number of rotatable bonds is 9. The van der Waals surface area contributed by atoms with Crippen LogP contribution in [0.1, 0.15) is 5.56 Å². The highest BCUT2D eigenvalue weighted by Gasteiger charge is 2.16. The van der Waals surface area contributed by atoms with E-state index in [1.165, 1.54) is 43.7 Å². The molecule has 0 heterocycles. The maximum Gasteiger partial charge on any atom is 0.242 e. The lowest BCUT2D eigenvalue weighted by atomic mass is 10.2. The van der Waals surface area contributed by atoms with E-state index in [1.807, 2.05) is 18.0 Å². The minimum absolute atomic E-state index is 0.221. The lowest BCUT2D eigenvalue weighted by Crippen LogP contribution is -2.24. The third-order valence-electron chi connectivity index (χ3n) is 4.01. The Morgan fingerprint density at radius 3 is 2.26 bits per heavy atom. The van der Waals surface area contributed by atoms with Crippen molar-refractivity contribution < 1.29 is 22.3 Å². The summed E-state index contributed by atoms with van der Waals surface area (Å²) in [4.78, 5) is 2.23. The van der Waals surface area contributed by atoms with Crippen LogP contribution in [0.4, 0.5) is 4.39 Å². The van der Waals surface area contributed by atoms with Crippen LogP contribution in [0, 0.1) is 5.82 Å². The van der Waals surface area contributed by atoms with Crippen molar-refractivity contribution in [2.45, 2.75) is 11.4 Å². The van der Waals surface area contributed by atoms with Gasteiger partial charge in [0.15, 0.2) is 11.6 Å². The molecule has 0 aliphatic carbocycles. The summed E-state index contributed by atoms with van der Waals surface area (Å²) in [5, 5.41) is 0. The number of methoxy groups -OCH3 is 1. The van der Waals surface area contributed by atoms with Gasteiger partial charge in [0.1, 0.15) is 12.4 Å². The molecule has 0 aliphatic heterocycles. The molecule has 0 fully saturated rings. The fraction of sp³-hybridized carbons (Fsp3) is 0.368. The van der Waals surface area contributed by atoms with Gasteiger partial charge in [-0.05, 0) is 49.0 Å². The normalized spacial score (nSPS) is 11.8. The first-order chi connectivity index (χ1) is 12.7. The van der Waals surface area contributed by atoms with Crippen LogP contribution >= 0.6 is 0 Å². The molecule has 0 amide bonds. The third-order valence-corrected chi connectivity index (χ3v) is 5.84. The van der Waals surface area contributed by atoms with Gasteiger partial charge in [-0.2, -0.15) is 0 Å². The molecular formula is C19H25FN2O4S. The molecule has 2 aromatic carbocycles. The van der Waals surface area contributed by atoms with Crippen molar-refractivity contribution in [1.82, 2.24) is 9.21 Å². The molecule has 0 N–H and O–H groups in total. The maximum atomic E-state index is 13.7. The van der Waals surface area contributed by atoms with E-state index in [-0.39, 0.29) is 16.5 Å². The number of hydrogen-bond donors (Lipinski definition) is 0.